The first-order valence-electron chi connectivity index (χ1n) is 5.42. The molecule has 0 aliphatic carbocycles. The van der Waals surface area contributed by atoms with E-state index in [0.29, 0.717) is 0 Å². The molecule has 0 amide bonds. The average Bonchev–Trinajstić information content (AvgIpc) is 2.19. The van der Waals surface area contributed by atoms with Gasteiger partial charge < -0.3 is 0 Å². The van der Waals surface area contributed by atoms with Crippen molar-refractivity contribution in [3.8, 4) is 0 Å². The smallest absolute Gasteiger partial charge is 0.0437 e. The van der Waals surface area contributed by atoms with Gasteiger partial charge in [0.25, 0.3) is 0 Å². The zero-order valence-corrected chi connectivity index (χ0v) is 10.1. The van der Waals surface area contributed by atoms with E-state index in [-0.39, 0.29) is 0 Å². The number of rotatable bonds is 4. The van der Waals surface area contributed by atoms with E-state index < -0.39 is 0 Å². The van der Waals surface area contributed by atoms with Gasteiger partial charge in [0, 0.05) is 5.02 Å². The van der Waals surface area contributed by atoms with Crippen LogP contribution in [-0.4, -0.2) is 0 Å². The second-order valence-corrected chi connectivity index (χ2v) is 4.38. The van der Waals surface area contributed by atoms with Gasteiger partial charge in [0.2, 0.25) is 0 Å². The third-order valence-electron chi connectivity index (χ3n) is 2.92. The standard InChI is InChI=1S/C13H19Cl/c1-4-11(5-2)8-12-7-6-10(3)13(14)9-12/h6-7,9,11H,4-5,8H2,1-3H3. The van der Waals surface area contributed by atoms with Crippen molar-refractivity contribution < 1.29 is 0 Å². The molecule has 0 heterocycles. The van der Waals surface area contributed by atoms with Crippen molar-refractivity contribution in [2.45, 2.75) is 40.0 Å². The molecule has 1 aromatic carbocycles. The second kappa shape index (κ2) is 5.41. The molecule has 0 unspecified atom stereocenters. The highest BCUT2D eigenvalue weighted by Crippen LogP contribution is 2.21. The summed E-state index contributed by atoms with van der Waals surface area (Å²) >= 11 is 6.08. The van der Waals surface area contributed by atoms with E-state index in [1.54, 1.807) is 0 Å². The Morgan fingerprint density at radius 1 is 1.21 bits per heavy atom. The summed E-state index contributed by atoms with van der Waals surface area (Å²) in [6.07, 6.45) is 3.66. The lowest BCUT2D eigenvalue weighted by molar-refractivity contribution is 0.490. The van der Waals surface area contributed by atoms with E-state index in [4.69, 9.17) is 11.6 Å². The fraction of sp³-hybridized carbons (Fsp3) is 0.538. The van der Waals surface area contributed by atoms with Crippen LogP contribution in [0.3, 0.4) is 0 Å². The minimum absolute atomic E-state index is 0.800. The Morgan fingerprint density at radius 3 is 2.36 bits per heavy atom. The molecule has 0 aromatic heterocycles. The van der Waals surface area contributed by atoms with Crippen molar-refractivity contribution in [1.82, 2.24) is 0 Å². The van der Waals surface area contributed by atoms with E-state index in [0.717, 1.165) is 17.4 Å². The van der Waals surface area contributed by atoms with E-state index in [9.17, 15) is 0 Å². The Labute approximate surface area is 92.3 Å². The number of benzene rings is 1. The summed E-state index contributed by atoms with van der Waals surface area (Å²) in [5, 5.41) is 0.897. The van der Waals surface area contributed by atoms with Crippen LogP contribution >= 0.6 is 11.6 Å². The van der Waals surface area contributed by atoms with E-state index >= 15 is 0 Å². The normalized spacial score (nSPS) is 10.9. The summed E-state index contributed by atoms with van der Waals surface area (Å²) in [5.41, 5.74) is 2.54. The molecule has 0 spiro atoms. The first-order chi connectivity index (χ1) is 6.67. The molecule has 1 aromatic rings. The summed E-state index contributed by atoms with van der Waals surface area (Å²) in [7, 11) is 0. The predicted molar refractivity (Wildman–Crippen MR) is 64.0 cm³/mol. The first-order valence-corrected chi connectivity index (χ1v) is 5.80. The van der Waals surface area contributed by atoms with Gasteiger partial charge in [-0.15, -0.1) is 0 Å². The van der Waals surface area contributed by atoms with Crippen LogP contribution in [0.2, 0.25) is 5.02 Å². The third-order valence-corrected chi connectivity index (χ3v) is 3.32. The van der Waals surface area contributed by atoms with Gasteiger partial charge in [-0.3, -0.25) is 0 Å². The summed E-state index contributed by atoms with van der Waals surface area (Å²) in [5.74, 6) is 0.800. The van der Waals surface area contributed by atoms with Crippen LogP contribution < -0.4 is 0 Å². The highest BCUT2D eigenvalue weighted by Gasteiger charge is 2.05. The van der Waals surface area contributed by atoms with Crippen molar-refractivity contribution >= 4 is 11.6 Å². The molecule has 0 saturated carbocycles. The summed E-state index contributed by atoms with van der Waals surface area (Å²) in [4.78, 5) is 0. The number of hydrogen-bond donors (Lipinski definition) is 0. The highest BCUT2D eigenvalue weighted by molar-refractivity contribution is 6.31. The van der Waals surface area contributed by atoms with Crippen LogP contribution in [0.1, 0.15) is 37.8 Å². The molecule has 0 bridgehead atoms. The summed E-state index contributed by atoms with van der Waals surface area (Å²) in [6.45, 7) is 6.55. The molecule has 0 saturated heterocycles. The number of aryl methyl sites for hydroxylation is 1. The van der Waals surface area contributed by atoms with E-state index in [2.05, 4.69) is 32.0 Å². The largest absolute Gasteiger partial charge is 0.0840 e. The van der Waals surface area contributed by atoms with Gasteiger partial charge in [0.1, 0.15) is 0 Å². The third kappa shape index (κ3) is 3.02. The second-order valence-electron chi connectivity index (χ2n) is 3.97. The van der Waals surface area contributed by atoms with Crippen LogP contribution in [0.25, 0.3) is 0 Å². The molecule has 0 atom stereocenters. The maximum absolute atomic E-state index is 6.08. The molecule has 1 heteroatoms. The fourth-order valence-corrected chi connectivity index (χ4v) is 1.88. The van der Waals surface area contributed by atoms with Crippen LogP contribution in [0.4, 0.5) is 0 Å². The summed E-state index contributed by atoms with van der Waals surface area (Å²) < 4.78 is 0. The Bertz CT molecular complexity index is 287. The van der Waals surface area contributed by atoms with Crippen LogP contribution in [0.5, 0.6) is 0 Å². The lowest BCUT2D eigenvalue weighted by Crippen LogP contribution is -2.01. The van der Waals surface area contributed by atoms with Gasteiger partial charge in [-0.05, 0) is 36.5 Å². The van der Waals surface area contributed by atoms with Crippen molar-refractivity contribution in [2.24, 2.45) is 5.92 Å². The van der Waals surface area contributed by atoms with Gasteiger partial charge in [0.15, 0.2) is 0 Å². The van der Waals surface area contributed by atoms with Crippen molar-refractivity contribution in [3.63, 3.8) is 0 Å². The number of hydrogen-bond acceptors (Lipinski definition) is 0. The lowest BCUT2D eigenvalue weighted by Gasteiger charge is -2.12. The Balaban J connectivity index is 2.72. The molecular weight excluding hydrogens is 192 g/mol. The Hall–Kier alpha value is -0.490. The van der Waals surface area contributed by atoms with E-state index in [1.807, 2.05) is 6.92 Å². The zero-order valence-electron chi connectivity index (χ0n) is 9.31. The molecule has 78 valence electrons. The van der Waals surface area contributed by atoms with Crippen LogP contribution in [-0.2, 0) is 6.42 Å². The molecule has 0 radical (unpaired) electrons. The average molecular weight is 211 g/mol. The SMILES string of the molecule is CCC(CC)Cc1ccc(C)c(Cl)c1. The molecule has 14 heavy (non-hydrogen) atoms. The topological polar surface area (TPSA) is 0 Å². The molecular formula is C13H19Cl. The molecule has 0 N–H and O–H groups in total. The summed E-state index contributed by atoms with van der Waals surface area (Å²) in [6, 6.07) is 6.41. The van der Waals surface area contributed by atoms with Crippen molar-refractivity contribution in [1.29, 1.82) is 0 Å². The molecule has 0 fully saturated rings. The van der Waals surface area contributed by atoms with Gasteiger partial charge in [-0.25, -0.2) is 0 Å². The van der Waals surface area contributed by atoms with Crippen LogP contribution in [0, 0.1) is 12.8 Å². The fourth-order valence-electron chi connectivity index (χ4n) is 1.67. The maximum Gasteiger partial charge on any atom is 0.0437 e. The minimum atomic E-state index is 0.800. The highest BCUT2D eigenvalue weighted by atomic mass is 35.5. The quantitative estimate of drug-likeness (QED) is 0.680. The lowest BCUT2D eigenvalue weighted by atomic mass is 9.94. The van der Waals surface area contributed by atoms with Gasteiger partial charge in [0.05, 0.1) is 0 Å². The first kappa shape index (κ1) is 11.6. The monoisotopic (exact) mass is 210 g/mol. The number of halogens is 1. The Morgan fingerprint density at radius 2 is 1.86 bits per heavy atom. The molecule has 1 rings (SSSR count). The van der Waals surface area contributed by atoms with Crippen LogP contribution in [0.15, 0.2) is 18.2 Å². The minimum Gasteiger partial charge on any atom is -0.0840 e. The Kier molecular flexibility index (Phi) is 4.47. The van der Waals surface area contributed by atoms with Gasteiger partial charge in [-0.2, -0.15) is 0 Å². The maximum atomic E-state index is 6.08. The van der Waals surface area contributed by atoms with E-state index in [1.165, 1.54) is 24.0 Å². The van der Waals surface area contributed by atoms with Gasteiger partial charge >= 0.3 is 0 Å². The molecule has 0 aliphatic heterocycles. The van der Waals surface area contributed by atoms with Crippen molar-refractivity contribution in [2.75, 3.05) is 0 Å². The van der Waals surface area contributed by atoms with Gasteiger partial charge in [-0.1, -0.05) is 50.4 Å². The van der Waals surface area contributed by atoms with Crippen molar-refractivity contribution in [3.05, 3.63) is 34.3 Å². The molecule has 0 nitrogen and oxygen atoms in total. The predicted octanol–water partition coefficient (Wildman–Crippen LogP) is 4.63. The molecule has 0 aliphatic rings. The zero-order chi connectivity index (χ0) is 10.6.